The van der Waals surface area contributed by atoms with E-state index < -0.39 is 0 Å². The number of carbonyl (C=O) groups is 1. The highest BCUT2D eigenvalue weighted by atomic mass is 35.5. The molecule has 1 N–H and O–H groups in total. The predicted molar refractivity (Wildman–Crippen MR) is 148 cm³/mol. The summed E-state index contributed by atoms with van der Waals surface area (Å²) in [7, 11) is 4.00. The minimum absolute atomic E-state index is 0.114. The molecule has 1 amide bonds. The summed E-state index contributed by atoms with van der Waals surface area (Å²) >= 11 is 6.34. The number of nitriles is 2. The smallest absolute Gasteiger partial charge is 0.228 e. The maximum atomic E-state index is 12.7. The third kappa shape index (κ3) is 5.43. The molecule has 0 bridgehead atoms. The van der Waals surface area contributed by atoms with E-state index in [1.165, 1.54) is 6.20 Å². The molecule has 0 unspecified atom stereocenters. The van der Waals surface area contributed by atoms with E-state index in [4.69, 9.17) is 16.9 Å². The molecule has 1 aliphatic rings. The molecule has 0 radical (unpaired) electrons. The Kier molecular flexibility index (Phi) is 7.24. The van der Waals surface area contributed by atoms with Gasteiger partial charge in [0.25, 0.3) is 0 Å². The van der Waals surface area contributed by atoms with Crippen molar-refractivity contribution in [1.29, 1.82) is 10.5 Å². The predicted octanol–water partition coefficient (Wildman–Crippen LogP) is 4.53. The average Bonchev–Trinajstić information content (AvgIpc) is 3.43. The maximum absolute atomic E-state index is 12.7. The Bertz CT molecular complexity index is 1620. The van der Waals surface area contributed by atoms with Gasteiger partial charge in [-0.3, -0.25) is 4.79 Å². The topological polar surface area (TPSA) is 127 Å². The van der Waals surface area contributed by atoms with E-state index in [1.807, 2.05) is 43.3 Å². The van der Waals surface area contributed by atoms with Crippen LogP contribution in [-0.2, 0) is 4.79 Å². The molecule has 0 spiro atoms. The molecule has 1 fully saturated rings. The fourth-order valence-electron chi connectivity index (χ4n) is 4.47. The van der Waals surface area contributed by atoms with Crippen LogP contribution in [0.1, 0.15) is 24.0 Å². The molecule has 4 aromatic rings. The second-order valence-electron chi connectivity index (χ2n) is 9.35. The second-order valence-corrected chi connectivity index (χ2v) is 9.75. The normalized spacial score (nSPS) is 15.2. The van der Waals surface area contributed by atoms with Crippen molar-refractivity contribution in [3.8, 4) is 29.1 Å². The SMILES string of the molecule is CN(C)[C@H]1CCN(c2ccc(Nc3ncc(C#N)c(-c4cnn(-c5ccc(C#N)cc5Cl)c4)n3)cc2)C(=O)C1. The minimum Gasteiger partial charge on any atom is -0.324 e. The van der Waals surface area contributed by atoms with Gasteiger partial charge < -0.3 is 15.1 Å². The zero-order valence-electron chi connectivity index (χ0n) is 21.3. The Labute approximate surface area is 230 Å². The lowest BCUT2D eigenvalue weighted by Gasteiger charge is -2.34. The molecule has 10 nitrogen and oxygen atoms in total. The number of hydrogen-bond acceptors (Lipinski definition) is 8. The van der Waals surface area contributed by atoms with Gasteiger partial charge in [0.15, 0.2) is 0 Å². The molecule has 1 saturated heterocycles. The molecule has 11 heteroatoms. The summed E-state index contributed by atoms with van der Waals surface area (Å²) in [6, 6.07) is 16.9. The van der Waals surface area contributed by atoms with Crippen LogP contribution in [-0.4, -0.2) is 57.2 Å². The number of halogens is 1. The molecule has 1 atom stereocenters. The number of amides is 1. The van der Waals surface area contributed by atoms with Gasteiger partial charge in [-0.15, -0.1) is 0 Å². The first kappa shape index (κ1) is 25.9. The summed E-state index contributed by atoms with van der Waals surface area (Å²) < 4.78 is 1.57. The number of rotatable bonds is 6. The second kappa shape index (κ2) is 10.9. The lowest BCUT2D eigenvalue weighted by Crippen LogP contribution is -2.45. The number of benzene rings is 2. The summed E-state index contributed by atoms with van der Waals surface area (Å²) in [4.78, 5) is 25.4. The fraction of sp³-hybridized carbons (Fsp3) is 0.214. The molecule has 0 aliphatic carbocycles. The largest absolute Gasteiger partial charge is 0.324 e. The average molecular weight is 538 g/mol. The lowest BCUT2D eigenvalue weighted by molar-refractivity contribution is -0.120. The molecule has 3 heterocycles. The lowest BCUT2D eigenvalue weighted by atomic mass is 10.0. The van der Waals surface area contributed by atoms with Gasteiger partial charge in [0.05, 0.1) is 46.0 Å². The van der Waals surface area contributed by atoms with Crippen molar-refractivity contribution >= 4 is 34.8 Å². The van der Waals surface area contributed by atoms with Crippen molar-refractivity contribution in [2.24, 2.45) is 0 Å². The number of aromatic nitrogens is 4. The number of hydrogen-bond donors (Lipinski definition) is 1. The van der Waals surface area contributed by atoms with E-state index in [0.29, 0.717) is 52.0 Å². The molecular weight excluding hydrogens is 514 g/mol. The first-order valence-electron chi connectivity index (χ1n) is 12.2. The van der Waals surface area contributed by atoms with Crippen molar-refractivity contribution in [2.75, 3.05) is 30.9 Å². The number of anilines is 3. The highest BCUT2D eigenvalue weighted by Gasteiger charge is 2.27. The molecule has 5 rings (SSSR count). The highest BCUT2D eigenvalue weighted by molar-refractivity contribution is 6.32. The Morgan fingerprint density at radius 1 is 1.10 bits per heavy atom. The van der Waals surface area contributed by atoms with Crippen molar-refractivity contribution in [3.63, 3.8) is 0 Å². The van der Waals surface area contributed by atoms with Crippen LogP contribution >= 0.6 is 11.6 Å². The van der Waals surface area contributed by atoms with Crippen LogP contribution in [0.3, 0.4) is 0 Å². The summed E-state index contributed by atoms with van der Waals surface area (Å²) in [5.74, 6) is 0.423. The first-order valence-corrected chi connectivity index (χ1v) is 12.6. The standard InChI is InChI=1S/C28H24ClN9O/c1-36(2)23-9-10-37(26(39)12-23)22-6-4-21(5-7-22)34-28-32-15-19(14-31)27(35-28)20-16-33-38(17-20)25-8-3-18(13-30)11-24(25)29/h3-8,11,15-17,23H,9-10,12H2,1-2H3,(H,32,34,35)/t23-/m0/s1. The minimum atomic E-state index is 0.114. The van der Waals surface area contributed by atoms with Gasteiger partial charge >= 0.3 is 0 Å². The van der Waals surface area contributed by atoms with Crippen molar-refractivity contribution < 1.29 is 4.79 Å². The van der Waals surface area contributed by atoms with E-state index in [1.54, 1.807) is 35.3 Å². The number of nitrogens with zero attached hydrogens (tertiary/aromatic N) is 8. The summed E-state index contributed by atoms with van der Waals surface area (Å²) in [5.41, 5.74) is 3.94. The molecule has 1 aliphatic heterocycles. The van der Waals surface area contributed by atoms with E-state index in [-0.39, 0.29) is 11.9 Å². The molecule has 39 heavy (non-hydrogen) atoms. The van der Waals surface area contributed by atoms with Crippen molar-refractivity contribution in [1.82, 2.24) is 24.6 Å². The third-order valence-electron chi connectivity index (χ3n) is 6.65. The number of carbonyl (C=O) groups excluding carboxylic acids is 1. The maximum Gasteiger partial charge on any atom is 0.228 e. The molecule has 194 valence electrons. The van der Waals surface area contributed by atoms with Crippen molar-refractivity contribution in [2.45, 2.75) is 18.9 Å². The van der Waals surface area contributed by atoms with Gasteiger partial charge in [-0.25, -0.2) is 14.6 Å². The summed E-state index contributed by atoms with van der Waals surface area (Å²) in [5, 5.41) is 26.6. The fourth-order valence-corrected chi connectivity index (χ4v) is 4.73. The van der Waals surface area contributed by atoms with Crippen LogP contribution in [0.5, 0.6) is 0 Å². The Balaban J connectivity index is 1.35. The molecule has 2 aromatic heterocycles. The van der Waals surface area contributed by atoms with Crippen molar-refractivity contribution in [3.05, 3.63) is 77.2 Å². The quantitative estimate of drug-likeness (QED) is 0.380. The Hall–Kier alpha value is -4.77. The highest BCUT2D eigenvalue weighted by Crippen LogP contribution is 2.28. The molecule has 0 saturated carbocycles. The van der Waals surface area contributed by atoms with Gasteiger partial charge in [0, 0.05) is 42.1 Å². The monoisotopic (exact) mass is 537 g/mol. The van der Waals surface area contributed by atoms with Crippen LogP contribution in [0.15, 0.2) is 61.1 Å². The van der Waals surface area contributed by atoms with Crippen LogP contribution in [0.4, 0.5) is 17.3 Å². The Morgan fingerprint density at radius 2 is 1.90 bits per heavy atom. The van der Waals surface area contributed by atoms with E-state index >= 15 is 0 Å². The van der Waals surface area contributed by atoms with Crippen LogP contribution in [0, 0.1) is 22.7 Å². The van der Waals surface area contributed by atoms with Crippen LogP contribution < -0.4 is 10.2 Å². The van der Waals surface area contributed by atoms with Crippen LogP contribution in [0.25, 0.3) is 16.9 Å². The molecular formula is C28H24ClN9O. The Morgan fingerprint density at radius 3 is 2.56 bits per heavy atom. The van der Waals surface area contributed by atoms with E-state index in [2.05, 4.69) is 37.4 Å². The number of nitrogens with one attached hydrogen (secondary N) is 1. The first-order chi connectivity index (χ1) is 18.9. The van der Waals surface area contributed by atoms with Crippen LogP contribution in [0.2, 0.25) is 5.02 Å². The van der Waals surface area contributed by atoms with E-state index in [9.17, 15) is 10.1 Å². The summed E-state index contributed by atoms with van der Waals surface area (Å²) in [6.07, 6.45) is 6.19. The van der Waals surface area contributed by atoms with Gasteiger partial charge in [0.2, 0.25) is 11.9 Å². The zero-order valence-corrected chi connectivity index (χ0v) is 22.1. The van der Waals surface area contributed by atoms with E-state index in [0.717, 1.165) is 17.8 Å². The van der Waals surface area contributed by atoms with Gasteiger partial charge in [0.1, 0.15) is 6.07 Å². The molecule has 2 aromatic carbocycles. The van der Waals surface area contributed by atoms with Gasteiger partial charge in [-0.2, -0.15) is 15.6 Å². The zero-order chi connectivity index (χ0) is 27.5. The third-order valence-corrected chi connectivity index (χ3v) is 6.95. The van der Waals surface area contributed by atoms with Gasteiger partial charge in [-0.05, 0) is 63.0 Å². The van der Waals surface area contributed by atoms with Gasteiger partial charge in [-0.1, -0.05) is 11.6 Å². The number of piperidine rings is 1. The summed E-state index contributed by atoms with van der Waals surface area (Å²) in [6.45, 7) is 0.678.